The third-order valence-corrected chi connectivity index (χ3v) is 6.13. The zero-order valence-corrected chi connectivity index (χ0v) is 14.1. The van der Waals surface area contributed by atoms with E-state index in [-0.39, 0.29) is 33.4 Å². The van der Waals surface area contributed by atoms with E-state index >= 15 is 0 Å². The summed E-state index contributed by atoms with van der Waals surface area (Å²) < 4.78 is 26.7. The zero-order valence-electron chi connectivity index (χ0n) is 11.0. The molecule has 0 bridgehead atoms. The molecule has 0 aromatic heterocycles. The Labute approximate surface area is 135 Å². The molecule has 1 aliphatic heterocycles. The van der Waals surface area contributed by atoms with E-state index in [4.69, 9.17) is 23.2 Å². The van der Waals surface area contributed by atoms with Crippen LogP contribution in [0.4, 0.5) is 0 Å². The van der Waals surface area contributed by atoms with Crippen molar-refractivity contribution in [1.82, 2.24) is 9.62 Å². The highest BCUT2D eigenvalue weighted by atomic mass is 35.5. The van der Waals surface area contributed by atoms with Gasteiger partial charge < -0.3 is 5.32 Å². The van der Waals surface area contributed by atoms with Crippen LogP contribution in [0.2, 0.25) is 10.0 Å². The molecule has 1 fully saturated rings. The van der Waals surface area contributed by atoms with Gasteiger partial charge in [0.15, 0.2) is 0 Å². The minimum atomic E-state index is -3.64. The van der Waals surface area contributed by atoms with Gasteiger partial charge in [0.05, 0.1) is 10.0 Å². The first-order valence-corrected chi connectivity index (χ1v) is 8.28. The second-order valence-corrected chi connectivity index (χ2v) is 7.23. The zero-order chi connectivity index (χ0) is 14.0. The fraction of sp³-hybridized carbons (Fsp3) is 0.500. The van der Waals surface area contributed by atoms with Crippen LogP contribution in [0.3, 0.4) is 0 Å². The molecule has 0 radical (unpaired) electrons. The second-order valence-electron chi connectivity index (χ2n) is 4.54. The van der Waals surface area contributed by atoms with Gasteiger partial charge in [-0.25, -0.2) is 8.42 Å². The molecule has 0 aliphatic carbocycles. The minimum Gasteiger partial charge on any atom is -0.316 e. The lowest BCUT2D eigenvalue weighted by molar-refractivity contribution is 0.293. The molecule has 1 aliphatic rings. The molecule has 2 rings (SSSR count). The molecule has 1 aromatic rings. The number of nitrogens with zero attached hydrogens (tertiary/aromatic N) is 1. The molecule has 114 valence electrons. The molecule has 1 N–H and O–H groups in total. The summed E-state index contributed by atoms with van der Waals surface area (Å²) in [4.78, 5) is 0.00934. The maximum atomic E-state index is 12.6. The van der Waals surface area contributed by atoms with Crippen molar-refractivity contribution in [3.8, 4) is 0 Å². The number of nitrogens with one attached hydrogen (secondary N) is 1. The Kier molecular flexibility index (Phi) is 6.57. The number of rotatable bonds is 3. The number of halogens is 3. The first kappa shape index (κ1) is 18.0. The van der Waals surface area contributed by atoms with Crippen LogP contribution in [-0.2, 0) is 10.0 Å². The third-order valence-electron chi connectivity index (χ3n) is 3.31. The van der Waals surface area contributed by atoms with Gasteiger partial charge in [-0.2, -0.15) is 4.31 Å². The smallest absolute Gasteiger partial charge is 0.246 e. The quantitative estimate of drug-likeness (QED) is 0.903. The van der Waals surface area contributed by atoms with Crippen LogP contribution in [-0.4, -0.2) is 38.9 Å². The number of likely N-dealkylation sites (N-methyl/N-ethyl adjacent to an activating group) is 1. The highest BCUT2D eigenvalue weighted by Gasteiger charge is 2.32. The lowest BCUT2D eigenvalue weighted by Gasteiger charge is -2.32. The van der Waals surface area contributed by atoms with E-state index in [0.29, 0.717) is 13.1 Å². The van der Waals surface area contributed by atoms with Gasteiger partial charge in [-0.1, -0.05) is 29.3 Å². The molecule has 20 heavy (non-hydrogen) atoms. The van der Waals surface area contributed by atoms with E-state index in [9.17, 15) is 8.42 Å². The van der Waals surface area contributed by atoms with Gasteiger partial charge in [-0.15, -0.1) is 12.4 Å². The van der Waals surface area contributed by atoms with Crippen LogP contribution >= 0.6 is 35.6 Å². The van der Waals surface area contributed by atoms with Crippen LogP contribution in [0.5, 0.6) is 0 Å². The summed E-state index contributed by atoms with van der Waals surface area (Å²) in [6.45, 7) is 0.947. The van der Waals surface area contributed by atoms with Gasteiger partial charge in [0.25, 0.3) is 0 Å². The molecule has 1 atom stereocenters. The van der Waals surface area contributed by atoms with Crippen molar-refractivity contribution in [3.05, 3.63) is 28.2 Å². The average Bonchev–Trinajstić information content (AvgIpc) is 2.38. The molecule has 0 amide bonds. The Morgan fingerprint density at radius 2 is 1.90 bits per heavy atom. The number of hydrogen-bond acceptors (Lipinski definition) is 3. The maximum Gasteiger partial charge on any atom is 0.246 e. The maximum absolute atomic E-state index is 12.6. The molecular weight excluding hydrogens is 343 g/mol. The molecule has 8 heteroatoms. The first-order valence-electron chi connectivity index (χ1n) is 6.08. The number of benzene rings is 1. The molecule has 0 spiro atoms. The summed E-state index contributed by atoms with van der Waals surface area (Å²) in [5.41, 5.74) is 0. The predicted molar refractivity (Wildman–Crippen MR) is 84.6 cm³/mol. The second kappa shape index (κ2) is 7.29. The van der Waals surface area contributed by atoms with Crippen molar-refractivity contribution in [3.63, 3.8) is 0 Å². The van der Waals surface area contributed by atoms with Crippen molar-refractivity contribution >= 4 is 45.6 Å². The van der Waals surface area contributed by atoms with Gasteiger partial charge in [0.2, 0.25) is 10.0 Å². The highest BCUT2D eigenvalue weighted by molar-refractivity contribution is 7.89. The van der Waals surface area contributed by atoms with Crippen LogP contribution in [0.1, 0.15) is 12.8 Å². The van der Waals surface area contributed by atoms with Crippen molar-refractivity contribution < 1.29 is 8.42 Å². The van der Waals surface area contributed by atoms with Crippen molar-refractivity contribution in [2.24, 2.45) is 0 Å². The summed E-state index contributed by atoms with van der Waals surface area (Å²) >= 11 is 12.0. The lowest BCUT2D eigenvalue weighted by Crippen LogP contribution is -2.46. The summed E-state index contributed by atoms with van der Waals surface area (Å²) in [6, 6.07) is 4.89. The van der Waals surface area contributed by atoms with Crippen molar-refractivity contribution in [2.45, 2.75) is 23.8 Å². The third kappa shape index (κ3) is 3.59. The summed E-state index contributed by atoms with van der Waals surface area (Å²) in [5.74, 6) is 0. The van der Waals surface area contributed by atoms with E-state index in [0.717, 1.165) is 12.8 Å². The molecule has 1 aromatic carbocycles. The Morgan fingerprint density at radius 1 is 1.30 bits per heavy atom. The van der Waals surface area contributed by atoms with Gasteiger partial charge in [0, 0.05) is 19.1 Å². The molecule has 1 unspecified atom stereocenters. The van der Waals surface area contributed by atoms with E-state index in [1.54, 1.807) is 18.2 Å². The molecular formula is C12H17Cl3N2O2S. The van der Waals surface area contributed by atoms with Crippen molar-refractivity contribution in [2.75, 3.05) is 20.1 Å². The van der Waals surface area contributed by atoms with Gasteiger partial charge in [0.1, 0.15) is 4.90 Å². The highest BCUT2D eigenvalue weighted by Crippen LogP contribution is 2.32. The Bertz CT molecular complexity index is 546. The first-order chi connectivity index (χ1) is 8.96. The average molecular weight is 360 g/mol. The Morgan fingerprint density at radius 3 is 2.45 bits per heavy atom. The van der Waals surface area contributed by atoms with Gasteiger partial charge in [-0.05, 0) is 32.0 Å². The summed E-state index contributed by atoms with van der Waals surface area (Å²) in [7, 11) is -1.80. The van der Waals surface area contributed by atoms with E-state index in [1.165, 1.54) is 4.31 Å². The van der Waals surface area contributed by atoms with Crippen LogP contribution < -0.4 is 5.32 Å². The molecule has 1 heterocycles. The largest absolute Gasteiger partial charge is 0.316 e. The number of sulfonamides is 1. The summed E-state index contributed by atoms with van der Waals surface area (Å²) in [6.07, 6.45) is 1.80. The Hall–Kier alpha value is -0.0400. The molecule has 4 nitrogen and oxygen atoms in total. The van der Waals surface area contributed by atoms with Crippen molar-refractivity contribution in [1.29, 1.82) is 0 Å². The van der Waals surface area contributed by atoms with E-state index < -0.39 is 10.0 Å². The van der Waals surface area contributed by atoms with Crippen LogP contribution in [0.15, 0.2) is 23.1 Å². The monoisotopic (exact) mass is 358 g/mol. The number of piperidine rings is 1. The normalized spacial score (nSPS) is 20.4. The summed E-state index contributed by atoms with van der Waals surface area (Å²) in [5, 5.41) is 3.45. The standard InChI is InChI=1S/C12H16Cl2N2O2S.ClH/c1-15-9-4-3-7-16(8-9)19(17,18)12-10(13)5-2-6-11(12)14;/h2,5-6,9,15H,3-4,7-8H2,1H3;1H. The molecule has 0 saturated carbocycles. The fourth-order valence-electron chi connectivity index (χ4n) is 2.25. The van der Waals surface area contributed by atoms with E-state index in [2.05, 4.69) is 5.32 Å². The van der Waals surface area contributed by atoms with Crippen LogP contribution in [0, 0.1) is 0 Å². The molecule has 1 saturated heterocycles. The predicted octanol–water partition coefficient (Wildman–Crippen LogP) is 2.79. The topological polar surface area (TPSA) is 49.4 Å². The lowest BCUT2D eigenvalue weighted by atomic mass is 10.1. The van der Waals surface area contributed by atoms with Gasteiger partial charge >= 0.3 is 0 Å². The minimum absolute atomic E-state index is 0. The van der Waals surface area contributed by atoms with Crippen LogP contribution in [0.25, 0.3) is 0 Å². The Balaban J connectivity index is 0.00000200. The SMILES string of the molecule is CNC1CCCN(S(=O)(=O)c2c(Cl)cccc2Cl)C1.Cl. The van der Waals surface area contributed by atoms with Gasteiger partial charge in [-0.3, -0.25) is 0 Å². The number of hydrogen-bond donors (Lipinski definition) is 1. The van der Waals surface area contributed by atoms with E-state index in [1.807, 2.05) is 7.05 Å². The fourth-order valence-corrected chi connectivity index (χ4v) is 4.87.